The van der Waals surface area contributed by atoms with Gasteiger partial charge in [-0.2, -0.15) is 5.26 Å². The van der Waals surface area contributed by atoms with Gasteiger partial charge in [0.1, 0.15) is 22.8 Å². The number of hydrogen-bond donors (Lipinski definition) is 1. The average Bonchev–Trinajstić information content (AvgIpc) is 3.03. The second-order valence-electron chi connectivity index (χ2n) is 5.99. The van der Waals surface area contributed by atoms with E-state index in [9.17, 15) is 9.18 Å². The van der Waals surface area contributed by atoms with Crippen LogP contribution in [0.25, 0.3) is 11.3 Å². The summed E-state index contributed by atoms with van der Waals surface area (Å²) in [6.45, 7) is 3.38. The molecule has 5 nitrogen and oxygen atoms in total. The molecule has 1 atom stereocenters. The Balaban J connectivity index is 1.91. The Morgan fingerprint density at radius 2 is 2.00 bits per heavy atom. The monoisotopic (exact) mass is 383 g/mol. The Morgan fingerprint density at radius 3 is 2.63 bits per heavy atom. The van der Waals surface area contributed by atoms with Crippen LogP contribution >= 0.6 is 11.6 Å². The van der Waals surface area contributed by atoms with Crippen molar-refractivity contribution in [2.24, 2.45) is 0 Å². The van der Waals surface area contributed by atoms with E-state index in [0.29, 0.717) is 5.56 Å². The highest BCUT2D eigenvalue weighted by atomic mass is 35.5. The third-order valence-corrected chi connectivity index (χ3v) is 4.49. The second-order valence-corrected chi connectivity index (χ2v) is 6.40. The molecule has 3 aromatic rings. The largest absolute Gasteiger partial charge is 0.360 e. The van der Waals surface area contributed by atoms with Crippen LogP contribution in [0.1, 0.15) is 40.2 Å². The van der Waals surface area contributed by atoms with Gasteiger partial charge in [-0.3, -0.25) is 4.79 Å². The Hall–Kier alpha value is -3.17. The van der Waals surface area contributed by atoms with E-state index in [2.05, 4.69) is 10.5 Å². The van der Waals surface area contributed by atoms with Crippen LogP contribution in [0.15, 0.2) is 47.0 Å². The van der Waals surface area contributed by atoms with E-state index in [1.54, 1.807) is 38.1 Å². The third kappa shape index (κ3) is 3.69. The number of nitriles is 1. The van der Waals surface area contributed by atoms with Gasteiger partial charge >= 0.3 is 0 Å². The number of carbonyl (C=O) groups is 1. The first-order valence-corrected chi connectivity index (χ1v) is 8.51. The zero-order chi connectivity index (χ0) is 19.6. The third-order valence-electron chi connectivity index (χ3n) is 4.18. The Morgan fingerprint density at radius 1 is 1.30 bits per heavy atom. The van der Waals surface area contributed by atoms with Crippen molar-refractivity contribution in [3.63, 3.8) is 0 Å². The summed E-state index contributed by atoms with van der Waals surface area (Å²) in [6.07, 6.45) is 0. The number of carbonyl (C=O) groups excluding carboxylic acids is 1. The van der Waals surface area contributed by atoms with Crippen LogP contribution in [0.3, 0.4) is 0 Å². The first-order chi connectivity index (χ1) is 12.9. The molecule has 0 radical (unpaired) electrons. The minimum absolute atomic E-state index is 0.0205. The molecule has 1 aromatic heterocycles. The van der Waals surface area contributed by atoms with Crippen molar-refractivity contribution in [3.05, 3.63) is 75.8 Å². The van der Waals surface area contributed by atoms with Crippen molar-refractivity contribution in [2.45, 2.75) is 19.9 Å². The molecule has 0 aliphatic heterocycles. The molecule has 1 N–H and O–H groups in total. The Bertz CT molecular complexity index is 1020. The van der Waals surface area contributed by atoms with E-state index in [4.69, 9.17) is 21.4 Å². The van der Waals surface area contributed by atoms with Crippen molar-refractivity contribution in [1.82, 2.24) is 10.5 Å². The van der Waals surface area contributed by atoms with Crippen LogP contribution in [0.4, 0.5) is 4.39 Å². The maximum Gasteiger partial charge on any atom is 0.257 e. The molecule has 0 aliphatic rings. The highest BCUT2D eigenvalue weighted by Crippen LogP contribution is 2.33. The summed E-state index contributed by atoms with van der Waals surface area (Å²) in [5, 5.41) is 15.7. The standard InChI is InChI=1S/C20H15ClFN3O2/c1-11(14-8-6-13(10-23)7-9-14)24-20(26)17-12(2)27-25-19(17)18-15(21)4-3-5-16(18)22/h3-9,11H,1-2H3,(H,24,26). The lowest BCUT2D eigenvalue weighted by atomic mass is 10.0. The van der Waals surface area contributed by atoms with Crippen LogP contribution < -0.4 is 5.32 Å². The van der Waals surface area contributed by atoms with Crippen molar-refractivity contribution in [1.29, 1.82) is 5.26 Å². The van der Waals surface area contributed by atoms with Gasteiger partial charge in [0.2, 0.25) is 0 Å². The molecule has 0 fully saturated rings. The highest BCUT2D eigenvalue weighted by molar-refractivity contribution is 6.33. The molecule has 3 rings (SSSR count). The van der Waals surface area contributed by atoms with Crippen molar-refractivity contribution >= 4 is 17.5 Å². The number of amides is 1. The fourth-order valence-corrected chi connectivity index (χ4v) is 2.99. The molecular weight excluding hydrogens is 369 g/mol. The molecule has 0 spiro atoms. The average molecular weight is 384 g/mol. The topological polar surface area (TPSA) is 78.9 Å². The van der Waals surface area contributed by atoms with Gasteiger partial charge in [-0.1, -0.05) is 35.0 Å². The summed E-state index contributed by atoms with van der Waals surface area (Å²) in [4.78, 5) is 12.8. The van der Waals surface area contributed by atoms with Crippen molar-refractivity contribution < 1.29 is 13.7 Å². The van der Waals surface area contributed by atoms with Crippen molar-refractivity contribution in [2.75, 3.05) is 0 Å². The van der Waals surface area contributed by atoms with Gasteiger partial charge in [-0.05, 0) is 43.7 Å². The maximum atomic E-state index is 14.3. The van der Waals surface area contributed by atoms with Crippen LogP contribution in [0.2, 0.25) is 5.02 Å². The SMILES string of the molecule is Cc1onc(-c2c(F)cccc2Cl)c1C(=O)NC(C)c1ccc(C#N)cc1. The fraction of sp³-hybridized carbons (Fsp3) is 0.150. The smallest absolute Gasteiger partial charge is 0.257 e. The predicted octanol–water partition coefficient (Wildman–Crippen LogP) is 4.81. The van der Waals surface area contributed by atoms with Gasteiger partial charge in [0.05, 0.1) is 28.3 Å². The van der Waals surface area contributed by atoms with E-state index in [1.165, 1.54) is 18.2 Å². The number of benzene rings is 2. The van der Waals surface area contributed by atoms with Crippen LogP contribution in [0.5, 0.6) is 0 Å². The molecule has 0 aliphatic carbocycles. The van der Waals surface area contributed by atoms with Gasteiger partial charge in [0.25, 0.3) is 5.91 Å². The van der Waals surface area contributed by atoms with E-state index in [0.717, 1.165) is 5.56 Å². The number of rotatable bonds is 4. The summed E-state index contributed by atoms with van der Waals surface area (Å²) in [5.41, 5.74) is 1.56. The van der Waals surface area contributed by atoms with Crippen LogP contribution in [-0.2, 0) is 0 Å². The lowest BCUT2D eigenvalue weighted by Crippen LogP contribution is -2.27. The summed E-state index contributed by atoms with van der Waals surface area (Å²) in [6, 6.07) is 12.8. The molecule has 1 amide bonds. The highest BCUT2D eigenvalue weighted by Gasteiger charge is 2.26. The molecule has 1 heterocycles. The summed E-state index contributed by atoms with van der Waals surface area (Å²) < 4.78 is 19.4. The molecule has 1 unspecified atom stereocenters. The minimum Gasteiger partial charge on any atom is -0.360 e. The van der Waals surface area contributed by atoms with Gasteiger partial charge in [-0.25, -0.2) is 4.39 Å². The van der Waals surface area contributed by atoms with Crippen molar-refractivity contribution in [3.8, 4) is 17.3 Å². The van der Waals surface area contributed by atoms with Gasteiger partial charge in [0.15, 0.2) is 0 Å². The van der Waals surface area contributed by atoms with E-state index in [1.807, 2.05) is 6.07 Å². The lowest BCUT2D eigenvalue weighted by molar-refractivity contribution is 0.0939. The second kappa shape index (κ2) is 7.60. The number of nitrogens with one attached hydrogen (secondary N) is 1. The molecule has 27 heavy (non-hydrogen) atoms. The normalized spacial score (nSPS) is 11.7. The number of halogens is 2. The number of hydrogen-bond acceptors (Lipinski definition) is 4. The molecule has 0 saturated heterocycles. The molecule has 136 valence electrons. The Kier molecular flexibility index (Phi) is 5.24. The summed E-state index contributed by atoms with van der Waals surface area (Å²) in [5.74, 6) is -0.793. The summed E-state index contributed by atoms with van der Waals surface area (Å²) >= 11 is 6.10. The quantitative estimate of drug-likeness (QED) is 0.701. The minimum atomic E-state index is -0.593. The predicted molar refractivity (Wildman–Crippen MR) is 98.7 cm³/mol. The number of nitrogens with zero attached hydrogens (tertiary/aromatic N) is 2. The van der Waals surface area contributed by atoms with Crippen LogP contribution in [0, 0.1) is 24.1 Å². The summed E-state index contributed by atoms with van der Waals surface area (Å²) in [7, 11) is 0. The first-order valence-electron chi connectivity index (χ1n) is 8.14. The maximum absolute atomic E-state index is 14.3. The fourth-order valence-electron chi connectivity index (χ4n) is 2.73. The van der Waals surface area contributed by atoms with Gasteiger partial charge < -0.3 is 9.84 Å². The molecular formula is C20H15ClFN3O2. The zero-order valence-electron chi connectivity index (χ0n) is 14.6. The Labute approximate surface area is 160 Å². The molecule has 7 heteroatoms. The number of aromatic nitrogens is 1. The number of aryl methyl sites for hydroxylation is 1. The van der Waals surface area contributed by atoms with E-state index < -0.39 is 11.7 Å². The lowest BCUT2D eigenvalue weighted by Gasteiger charge is -2.15. The molecule has 0 bridgehead atoms. The van der Waals surface area contributed by atoms with E-state index in [-0.39, 0.29) is 33.6 Å². The van der Waals surface area contributed by atoms with Crippen LogP contribution in [-0.4, -0.2) is 11.1 Å². The van der Waals surface area contributed by atoms with Gasteiger partial charge in [0, 0.05) is 0 Å². The first kappa shape index (κ1) is 18.6. The zero-order valence-corrected chi connectivity index (χ0v) is 15.3. The van der Waals surface area contributed by atoms with Gasteiger partial charge in [-0.15, -0.1) is 0 Å². The molecule has 2 aromatic carbocycles. The molecule has 0 saturated carbocycles. The van der Waals surface area contributed by atoms with E-state index >= 15 is 0 Å².